The molecule has 0 heterocycles. The zero-order valence-corrected chi connectivity index (χ0v) is 14.8. The highest BCUT2D eigenvalue weighted by molar-refractivity contribution is 6.87. The van der Waals surface area contributed by atoms with Gasteiger partial charge in [0.05, 0.1) is 0 Å². The van der Waals surface area contributed by atoms with Gasteiger partial charge in [0, 0.05) is 5.69 Å². The van der Waals surface area contributed by atoms with Crippen molar-refractivity contribution in [3.63, 3.8) is 0 Å². The van der Waals surface area contributed by atoms with E-state index < -0.39 is 8.24 Å². The molecule has 2 heteroatoms. The van der Waals surface area contributed by atoms with E-state index in [4.69, 9.17) is 0 Å². The average Bonchev–Trinajstić information content (AvgIpc) is 2.94. The molecule has 2 rings (SSSR count). The molecule has 1 aliphatic rings. The fourth-order valence-electron chi connectivity index (χ4n) is 3.14. The van der Waals surface area contributed by atoms with Gasteiger partial charge in [0.1, 0.15) is 0 Å². The summed E-state index contributed by atoms with van der Waals surface area (Å²) in [7, 11) is -1.58. The van der Waals surface area contributed by atoms with Crippen LogP contribution in [0.1, 0.15) is 45.4 Å². The molecule has 0 atom stereocenters. The SMILES string of the molecule is CCCCCCC1=C([Si](C)(C)Nc2ccccc2)CC=C1. The molecular weight excluding hydrogens is 270 g/mol. The highest BCUT2D eigenvalue weighted by Gasteiger charge is 2.29. The molecule has 21 heavy (non-hydrogen) atoms. The largest absolute Gasteiger partial charge is 0.407 e. The Labute approximate surface area is 131 Å². The fourth-order valence-corrected chi connectivity index (χ4v) is 5.82. The fraction of sp³-hybridized carbons (Fsp3) is 0.474. The monoisotopic (exact) mass is 299 g/mol. The van der Waals surface area contributed by atoms with Crippen molar-refractivity contribution in [3.8, 4) is 0 Å². The topological polar surface area (TPSA) is 12.0 Å². The van der Waals surface area contributed by atoms with E-state index in [-0.39, 0.29) is 0 Å². The molecular formula is C19H29NSi. The first-order valence-corrected chi connectivity index (χ1v) is 11.4. The van der Waals surface area contributed by atoms with Crippen LogP contribution < -0.4 is 4.98 Å². The van der Waals surface area contributed by atoms with Crippen LogP contribution in [0.2, 0.25) is 13.1 Å². The molecule has 0 radical (unpaired) electrons. The summed E-state index contributed by atoms with van der Waals surface area (Å²) in [5.41, 5.74) is 2.88. The molecule has 0 saturated heterocycles. The van der Waals surface area contributed by atoms with Gasteiger partial charge in [0.2, 0.25) is 0 Å². The molecule has 0 fully saturated rings. The average molecular weight is 300 g/mol. The van der Waals surface area contributed by atoms with E-state index in [1.807, 2.05) is 0 Å². The number of hydrogen-bond acceptors (Lipinski definition) is 1. The minimum absolute atomic E-state index is 1.15. The van der Waals surface area contributed by atoms with Crippen LogP contribution in [0.5, 0.6) is 0 Å². The van der Waals surface area contributed by atoms with Crippen LogP contribution in [0.15, 0.2) is 53.3 Å². The van der Waals surface area contributed by atoms with Gasteiger partial charge >= 0.3 is 0 Å². The van der Waals surface area contributed by atoms with Crippen molar-refractivity contribution in [2.24, 2.45) is 0 Å². The minimum Gasteiger partial charge on any atom is -0.407 e. The van der Waals surface area contributed by atoms with Crippen molar-refractivity contribution >= 4 is 13.9 Å². The summed E-state index contributed by atoms with van der Waals surface area (Å²) in [6, 6.07) is 10.7. The first-order chi connectivity index (χ1) is 10.1. The first kappa shape index (κ1) is 16.1. The Morgan fingerprint density at radius 1 is 1.05 bits per heavy atom. The lowest BCUT2D eigenvalue weighted by Crippen LogP contribution is -2.39. The third-order valence-corrected chi connectivity index (χ3v) is 7.26. The Kier molecular flexibility index (Phi) is 5.86. The standard InChI is InChI=1S/C19H29NSi/c1-4-5-6-8-12-17-13-11-16-19(17)21(2,3)20-18-14-9-7-10-15-18/h7,9-11,13-15,20H,4-6,8,12,16H2,1-3H3. The third kappa shape index (κ3) is 4.60. The molecule has 114 valence electrons. The molecule has 0 spiro atoms. The number of nitrogens with one attached hydrogen (secondary N) is 1. The van der Waals surface area contributed by atoms with Crippen molar-refractivity contribution in [2.75, 3.05) is 4.98 Å². The zero-order valence-electron chi connectivity index (χ0n) is 13.8. The Morgan fingerprint density at radius 3 is 2.52 bits per heavy atom. The van der Waals surface area contributed by atoms with E-state index in [1.54, 1.807) is 10.8 Å². The summed E-state index contributed by atoms with van der Waals surface area (Å²) < 4.78 is 0. The van der Waals surface area contributed by atoms with E-state index in [2.05, 4.69) is 67.5 Å². The van der Waals surface area contributed by atoms with Crippen LogP contribution in [0.4, 0.5) is 5.69 Å². The Morgan fingerprint density at radius 2 is 1.81 bits per heavy atom. The second-order valence-electron chi connectivity index (χ2n) is 6.54. The number of para-hydroxylation sites is 1. The molecule has 1 aromatic carbocycles. The number of benzene rings is 1. The first-order valence-electron chi connectivity index (χ1n) is 8.36. The smallest absolute Gasteiger partial charge is 0.175 e. The molecule has 1 aliphatic carbocycles. The summed E-state index contributed by atoms with van der Waals surface area (Å²) >= 11 is 0. The van der Waals surface area contributed by atoms with E-state index >= 15 is 0 Å². The number of allylic oxidation sites excluding steroid dienone is 4. The van der Waals surface area contributed by atoms with E-state index in [1.165, 1.54) is 37.8 Å². The Hall–Kier alpha value is -1.28. The second-order valence-corrected chi connectivity index (χ2v) is 10.6. The highest BCUT2D eigenvalue weighted by atomic mass is 28.3. The van der Waals surface area contributed by atoms with E-state index in [9.17, 15) is 0 Å². The summed E-state index contributed by atoms with van der Waals surface area (Å²) in [4.78, 5) is 3.83. The molecule has 0 unspecified atom stereocenters. The second kappa shape index (κ2) is 7.65. The van der Waals surface area contributed by atoms with Crippen molar-refractivity contribution in [2.45, 2.75) is 58.5 Å². The maximum Gasteiger partial charge on any atom is 0.175 e. The van der Waals surface area contributed by atoms with Gasteiger partial charge < -0.3 is 4.98 Å². The molecule has 0 bridgehead atoms. The number of anilines is 1. The van der Waals surface area contributed by atoms with Crippen LogP contribution in [0.3, 0.4) is 0 Å². The van der Waals surface area contributed by atoms with Crippen molar-refractivity contribution in [1.29, 1.82) is 0 Å². The van der Waals surface area contributed by atoms with Gasteiger partial charge in [0.25, 0.3) is 0 Å². The van der Waals surface area contributed by atoms with Crippen LogP contribution in [-0.2, 0) is 0 Å². The van der Waals surface area contributed by atoms with Gasteiger partial charge in [-0.05, 0) is 44.5 Å². The summed E-state index contributed by atoms with van der Waals surface area (Å²) in [5.74, 6) is 0. The molecule has 0 aromatic heterocycles. The van der Waals surface area contributed by atoms with Gasteiger partial charge in [-0.15, -0.1) is 0 Å². The number of rotatable bonds is 8. The van der Waals surface area contributed by atoms with Gasteiger partial charge in [-0.1, -0.05) is 67.3 Å². The van der Waals surface area contributed by atoms with Crippen LogP contribution in [0.25, 0.3) is 0 Å². The number of hydrogen-bond donors (Lipinski definition) is 1. The maximum atomic E-state index is 3.83. The molecule has 0 amide bonds. The van der Waals surface area contributed by atoms with E-state index in [0.29, 0.717) is 0 Å². The van der Waals surface area contributed by atoms with Gasteiger partial charge in [0.15, 0.2) is 8.24 Å². The van der Waals surface area contributed by atoms with Crippen molar-refractivity contribution < 1.29 is 0 Å². The predicted molar refractivity (Wildman–Crippen MR) is 97.1 cm³/mol. The molecule has 1 nitrogen and oxygen atoms in total. The van der Waals surface area contributed by atoms with Gasteiger partial charge in [-0.25, -0.2) is 0 Å². The molecule has 0 aliphatic heterocycles. The predicted octanol–water partition coefficient (Wildman–Crippen LogP) is 6.07. The zero-order chi connectivity index (χ0) is 15.1. The lowest BCUT2D eigenvalue weighted by molar-refractivity contribution is 0.668. The van der Waals surface area contributed by atoms with Gasteiger partial charge in [-0.2, -0.15) is 0 Å². The number of unbranched alkanes of at least 4 members (excludes halogenated alkanes) is 3. The molecule has 0 saturated carbocycles. The highest BCUT2D eigenvalue weighted by Crippen LogP contribution is 2.31. The van der Waals surface area contributed by atoms with Crippen LogP contribution >= 0.6 is 0 Å². The third-order valence-electron chi connectivity index (χ3n) is 4.31. The van der Waals surface area contributed by atoms with Crippen molar-refractivity contribution in [3.05, 3.63) is 53.3 Å². The van der Waals surface area contributed by atoms with Gasteiger partial charge in [-0.3, -0.25) is 0 Å². The Bertz CT molecular complexity index is 500. The maximum absolute atomic E-state index is 3.83. The molecule has 1 aromatic rings. The lowest BCUT2D eigenvalue weighted by Gasteiger charge is -2.28. The quantitative estimate of drug-likeness (QED) is 0.454. The summed E-state index contributed by atoms with van der Waals surface area (Å²) in [6.45, 7) is 7.16. The Balaban J connectivity index is 2.03. The van der Waals surface area contributed by atoms with Crippen LogP contribution in [0, 0.1) is 0 Å². The summed E-state index contributed by atoms with van der Waals surface area (Å²) in [5, 5.41) is 1.70. The molecule has 1 N–H and O–H groups in total. The van der Waals surface area contributed by atoms with E-state index in [0.717, 1.165) is 6.42 Å². The minimum atomic E-state index is -1.58. The summed E-state index contributed by atoms with van der Waals surface area (Å²) in [6.07, 6.45) is 12.5. The normalized spacial score (nSPS) is 14.8. The lowest BCUT2D eigenvalue weighted by atomic mass is 10.1. The van der Waals surface area contributed by atoms with Crippen LogP contribution in [-0.4, -0.2) is 8.24 Å². The van der Waals surface area contributed by atoms with Crippen molar-refractivity contribution in [1.82, 2.24) is 0 Å².